The zero-order chi connectivity index (χ0) is 20.9. The normalized spacial score (nSPS) is 11.0. The van der Waals surface area contributed by atoms with Crippen molar-refractivity contribution in [2.75, 3.05) is 11.9 Å². The van der Waals surface area contributed by atoms with Gasteiger partial charge < -0.3 is 15.2 Å². The van der Waals surface area contributed by atoms with Crippen LogP contribution in [0.25, 0.3) is 10.2 Å². The lowest BCUT2D eigenvalue weighted by Crippen LogP contribution is -2.25. The van der Waals surface area contributed by atoms with Crippen molar-refractivity contribution in [2.24, 2.45) is 0 Å². The van der Waals surface area contributed by atoms with Crippen LogP contribution >= 0.6 is 22.9 Å². The number of hydrogen-bond acceptors (Lipinski definition) is 6. The van der Waals surface area contributed by atoms with E-state index in [1.165, 1.54) is 0 Å². The number of carbonyl (C=O) groups excluding carboxylic acids is 1. The van der Waals surface area contributed by atoms with Gasteiger partial charge in [0.15, 0.2) is 0 Å². The maximum atomic E-state index is 12.3. The van der Waals surface area contributed by atoms with E-state index in [1.54, 1.807) is 23.9 Å². The summed E-state index contributed by atoms with van der Waals surface area (Å²) in [5, 5.41) is 7.47. The number of aryl methyl sites for hydroxylation is 2. The van der Waals surface area contributed by atoms with E-state index in [4.69, 9.17) is 11.6 Å². The molecule has 4 rings (SSSR count). The van der Waals surface area contributed by atoms with Crippen LogP contribution in [-0.4, -0.2) is 32.0 Å². The molecule has 0 aliphatic heterocycles. The molecule has 3 aromatic heterocycles. The lowest BCUT2D eigenvalue weighted by Gasteiger charge is -2.09. The summed E-state index contributed by atoms with van der Waals surface area (Å²) in [6.45, 7) is 4.05. The van der Waals surface area contributed by atoms with Crippen molar-refractivity contribution in [3.05, 3.63) is 70.3 Å². The quantitative estimate of drug-likeness (QED) is 0.315. The predicted octanol–water partition coefficient (Wildman–Crippen LogP) is 4.28. The number of thiophene rings is 1. The molecule has 0 fully saturated rings. The molecule has 0 aliphatic rings. The maximum Gasteiger partial charge on any atom is 0.251 e. The smallest absolute Gasteiger partial charge is 0.251 e. The fourth-order valence-electron chi connectivity index (χ4n) is 3.10. The number of imidazole rings is 1. The number of benzene rings is 1. The lowest BCUT2D eigenvalue weighted by atomic mass is 10.1. The van der Waals surface area contributed by atoms with Crippen LogP contribution < -0.4 is 10.6 Å². The Kier molecular flexibility index (Phi) is 6.25. The van der Waals surface area contributed by atoms with E-state index in [0.717, 1.165) is 33.6 Å². The standard InChI is InChI=1S/C21H21ClN6OS/c1-14-11-17-18(26-21(22)27-20(17)30-14)25-12-15-3-5-16(6-4-15)19(29)24-7-2-9-28-10-8-23-13-28/h3-6,8,10-11,13H,2,7,9,12H2,1H3,(H,24,29)(H,25,26,27). The highest BCUT2D eigenvalue weighted by atomic mass is 35.5. The van der Waals surface area contributed by atoms with E-state index in [1.807, 2.05) is 42.0 Å². The van der Waals surface area contributed by atoms with Crippen molar-refractivity contribution in [2.45, 2.75) is 26.4 Å². The molecule has 154 valence electrons. The average Bonchev–Trinajstić information content (AvgIpc) is 3.38. The predicted molar refractivity (Wildman–Crippen MR) is 120 cm³/mol. The Balaban J connectivity index is 1.31. The molecule has 9 heteroatoms. The van der Waals surface area contributed by atoms with Gasteiger partial charge in [0.1, 0.15) is 10.6 Å². The Morgan fingerprint density at radius 3 is 2.83 bits per heavy atom. The van der Waals surface area contributed by atoms with Crippen molar-refractivity contribution in [3.8, 4) is 0 Å². The molecular weight excluding hydrogens is 420 g/mol. The Bertz CT molecular complexity index is 1140. The molecule has 2 N–H and O–H groups in total. The van der Waals surface area contributed by atoms with E-state index >= 15 is 0 Å². The number of aromatic nitrogens is 4. The van der Waals surface area contributed by atoms with Crippen molar-refractivity contribution in [1.82, 2.24) is 24.8 Å². The highest BCUT2D eigenvalue weighted by Gasteiger charge is 2.10. The second-order valence-electron chi connectivity index (χ2n) is 6.88. The highest BCUT2D eigenvalue weighted by Crippen LogP contribution is 2.29. The zero-order valence-corrected chi connectivity index (χ0v) is 18.0. The summed E-state index contributed by atoms with van der Waals surface area (Å²) >= 11 is 7.64. The average molecular weight is 441 g/mol. The number of amides is 1. The number of rotatable bonds is 8. The molecule has 30 heavy (non-hydrogen) atoms. The van der Waals surface area contributed by atoms with Crippen LogP contribution in [0.15, 0.2) is 49.1 Å². The van der Waals surface area contributed by atoms with Gasteiger partial charge in [0, 0.05) is 42.5 Å². The molecule has 7 nitrogen and oxygen atoms in total. The third kappa shape index (κ3) is 4.95. The monoisotopic (exact) mass is 440 g/mol. The van der Waals surface area contributed by atoms with E-state index < -0.39 is 0 Å². The summed E-state index contributed by atoms with van der Waals surface area (Å²) in [4.78, 5) is 26.9. The first-order chi connectivity index (χ1) is 14.6. The molecular formula is C21H21ClN6OS. The van der Waals surface area contributed by atoms with Gasteiger partial charge in [0.25, 0.3) is 5.91 Å². The number of halogens is 1. The van der Waals surface area contributed by atoms with E-state index in [2.05, 4.69) is 31.7 Å². The van der Waals surface area contributed by atoms with Crippen molar-refractivity contribution in [3.63, 3.8) is 0 Å². The molecule has 0 aliphatic carbocycles. The first-order valence-electron chi connectivity index (χ1n) is 9.59. The second kappa shape index (κ2) is 9.23. The molecule has 0 unspecified atom stereocenters. The summed E-state index contributed by atoms with van der Waals surface area (Å²) in [5.41, 5.74) is 1.68. The summed E-state index contributed by atoms with van der Waals surface area (Å²) < 4.78 is 1.99. The molecule has 0 radical (unpaired) electrons. The van der Waals surface area contributed by atoms with Crippen molar-refractivity contribution < 1.29 is 4.79 Å². The molecule has 3 heterocycles. The molecule has 0 atom stereocenters. The zero-order valence-electron chi connectivity index (χ0n) is 16.4. The third-order valence-electron chi connectivity index (χ3n) is 4.60. The van der Waals surface area contributed by atoms with Crippen LogP contribution in [0.4, 0.5) is 5.82 Å². The van der Waals surface area contributed by atoms with Gasteiger partial charge in [0.05, 0.1) is 11.7 Å². The van der Waals surface area contributed by atoms with Gasteiger partial charge in [-0.25, -0.2) is 15.0 Å². The van der Waals surface area contributed by atoms with Gasteiger partial charge in [-0.05, 0) is 48.7 Å². The Labute approximate surface area is 183 Å². The molecule has 0 spiro atoms. The first kappa shape index (κ1) is 20.3. The number of anilines is 1. The van der Waals surface area contributed by atoms with Crippen LogP contribution in [0.5, 0.6) is 0 Å². The number of nitrogens with one attached hydrogen (secondary N) is 2. The molecule has 0 saturated heterocycles. The molecule has 1 amide bonds. The van der Waals surface area contributed by atoms with E-state index in [-0.39, 0.29) is 11.2 Å². The first-order valence-corrected chi connectivity index (χ1v) is 10.8. The van der Waals surface area contributed by atoms with Gasteiger partial charge in [0.2, 0.25) is 5.28 Å². The number of nitrogens with zero attached hydrogens (tertiary/aromatic N) is 4. The Morgan fingerprint density at radius 2 is 2.07 bits per heavy atom. The fraction of sp³-hybridized carbons (Fsp3) is 0.238. The summed E-state index contributed by atoms with van der Waals surface area (Å²) in [6, 6.07) is 9.59. The van der Waals surface area contributed by atoms with E-state index in [0.29, 0.717) is 24.5 Å². The molecule has 4 aromatic rings. The number of fused-ring (bicyclic) bond motifs is 1. The molecule has 0 saturated carbocycles. The van der Waals surface area contributed by atoms with Crippen LogP contribution in [0.1, 0.15) is 27.2 Å². The molecule has 1 aromatic carbocycles. The van der Waals surface area contributed by atoms with Crippen LogP contribution in [0.3, 0.4) is 0 Å². The SMILES string of the molecule is Cc1cc2c(NCc3ccc(C(=O)NCCCn4ccnc4)cc3)nc(Cl)nc2s1. The fourth-order valence-corrected chi connectivity index (χ4v) is 4.19. The van der Waals surface area contributed by atoms with Crippen LogP contribution in [0, 0.1) is 6.92 Å². The summed E-state index contributed by atoms with van der Waals surface area (Å²) in [7, 11) is 0. The highest BCUT2D eigenvalue weighted by molar-refractivity contribution is 7.18. The van der Waals surface area contributed by atoms with Crippen LogP contribution in [0.2, 0.25) is 5.28 Å². The van der Waals surface area contributed by atoms with E-state index in [9.17, 15) is 4.79 Å². The Morgan fingerprint density at radius 1 is 1.23 bits per heavy atom. The minimum Gasteiger partial charge on any atom is -0.365 e. The minimum absolute atomic E-state index is 0.0711. The van der Waals surface area contributed by atoms with Crippen LogP contribution in [-0.2, 0) is 13.1 Å². The van der Waals surface area contributed by atoms with Gasteiger partial charge in [-0.2, -0.15) is 0 Å². The third-order valence-corrected chi connectivity index (χ3v) is 5.72. The van der Waals surface area contributed by atoms with Gasteiger partial charge >= 0.3 is 0 Å². The second-order valence-corrected chi connectivity index (χ2v) is 8.45. The van der Waals surface area contributed by atoms with Crippen molar-refractivity contribution >= 4 is 44.9 Å². The number of carbonyl (C=O) groups is 1. The summed E-state index contributed by atoms with van der Waals surface area (Å²) in [6.07, 6.45) is 6.28. The minimum atomic E-state index is -0.0711. The van der Waals surface area contributed by atoms with Gasteiger partial charge in [-0.1, -0.05) is 12.1 Å². The largest absolute Gasteiger partial charge is 0.365 e. The maximum absolute atomic E-state index is 12.3. The molecule has 0 bridgehead atoms. The van der Waals surface area contributed by atoms with Gasteiger partial charge in [-0.3, -0.25) is 4.79 Å². The number of hydrogen-bond donors (Lipinski definition) is 2. The summed E-state index contributed by atoms with van der Waals surface area (Å²) in [5.74, 6) is 0.646. The topological polar surface area (TPSA) is 84.7 Å². The Hall–Kier alpha value is -2.97. The lowest BCUT2D eigenvalue weighted by molar-refractivity contribution is 0.0952. The van der Waals surface area contributed by atoms with Gasteiger partial charge in [-0.15, -0.1) is 11.3 Å². The van der Waals surface area contributed by atoms with Crippen molar-refractivity contribution in [1.29, 1.82) is 0 Å².